The highest BCUT2D eigenvalue weighted by Gasteiger charge is 2.15. The zero-order valence-corrected chi connectivity index (χ0v) is 11.2. The number of nitrogens with zero attached hydrogens (tertiary/aromatic N) is 1. The van der Waals surface area contributed by atoms with E-state index in [1.54, 1.807) is 11.3 Å². The van der Waals surface area contributed by atoms with Gasteiger partial charge in [-0.3, -0.25) is 0 Å². The molecule has 0 bridgehead atoms. The van der Waals surface area contributed by atoms with Gasteiger partial charge in [0.05, 0.1) is 10.7 Å². The van der Waals surface area contributed by atoms with Gasteiger partial charge in [0.15, 0.2) is 0 Å². The van der Waals surface area contributed by atoms with Gasteiger partial charge in [0.25, 0.3) is 0 Å². The number of aryl methyl sites for hydroxylation is 1. The zero-order chi connectivity index (χ0) is 12.0. The number of aromatic nitrogens is 1. The molecular formula is C12H22N2OS. The maximum absolute atomic E-state index is 9.10. The molecule has 0 spiro atoms. The van der Waals surface area contributed by atoms with Gasteiger partial charge in [-0.05, 0) is 31.7 Å². The van der Waals surface area contributed by atoms with Gasteiger partial charge in [0, 0.05) is 18.5 Å². The molecule has 92 valence electrons. The molecule has 0 fully saturated rings. The van der Waals surface area contributed by atoms with E-state index in [0.29, 0.717) is 0 Å². The standard InChI is InChI=1S/C12H22N2OS/c1-10-14-11(8-16-10)7-13-6-4-5-12(2,3)9-15/h8,13,15H,4-7,9H2,1-3H3. The molecule has 0 unspecified atom stereocenters. The Bertz CT molecular complexity index is 310. The molecule has 0 aromatic carbocycles. The summed E-state index contributed by atoms with van der Waals surface area (Å²) in [6.45, 7) is 8.31. The van der Waals surface area contributed by atoms with Crippen LogP contribution < -0.4 is 5.32 Å². The van der Waals surface area contributed by atoms with Crippen LogP contribution in [0.1, 0.15) is 37.4 Å². The summed E-state index contributed by atoms with van der Waals surface area (Å²) in [5, 5.41) is 15.7. The van der Waals surface area contributed by atoms with E-state index in [2.05, 4.69) is 29.5 Å². The highest BCUT2D eigenvalue weighted by molar-refractivity contribution is 7.09. The number of hydrogen-bond donors (Lipinski definition) is 2. The molecule has 0 saturated heterocycles. The van der Waals surface area contributed by atoms with E-state index in [1.165, 1.54) is 0 Å². The number of aliphatic hydroxyl groups excluding tert-OH is 1. The van der Waals surface area contributed by atoms with Crippen molar-refractivity contribution < 1.29 is 5.11 Å². The molecule has 2 N–H and O–H groups in total. The van der Waals surface area contributed by atoms with Crippen molar-refractivity contribution in [3.05, 3.63) is 16.1 Å². The fourth-order valence-electron chi connectivity index (χ4n) is 1.48. The van der Waals surface area contributed by atoms with Crippen LogP contribution >= 0.6 is 11.3 Å². The van der Waals surface area contributed by atoms with Crippen LogP contribution in [0.4, 0.5) is 0 Å². The molecule has 0 aliphatic heterocycles. The summed E-state index contributed by atoms with van der Waals surface area (Å²) >= 11 is 1.69. The van der Waals surface area contributed by atoms with E-state index < -0.39 is 0 Å². The molecule has 16 heavy (non-hydrogen) atoms. The maximum atomic E-state index is 9.10. The van der Waals surface area contributed by atoms with Crippen LogP contribution in [0, 0.1) is 12.3 Å². The third kappa shape index (κ3) is 5.05. The maximum Gasteiger partial charge on any atom is 0.0897 e. The molecule has 1 heterocycles. The van der Waals surface area contributed by atoms with E-state index in [0.717, 1.165) is 36.6 Å². The average molecular weight is 242 g/mol. The molecule has 0 amide bonds. The van der Waals surface area contributed by atoms with Crippen molar-refractivity contribution in [3.63, 3.8) is 0 Å². The van der Waals surface area contributed by atoms with Gasteiger partial charge in [0.2, 0.25) is 0 Å². The Morgan fingerprint density at radius 1 is 1.50 bits per heavy atom. The third-order valence-corrected chi connectivity index (χ3v) is 3.43. The van der Waals surface area contributed by atoms with Crippen molar-refractivity contribution in [2.24, 2.45) is 5.41 Å². The van der Waals surface area contributed by atoms with E-state index in [1.807, 2.05) is 6.92 Å². The number of rotatable bonds is 7. The van der Waals surface area contributed by atoms with Crippen LogP contribution in [-0.4, -0.2) is 23.2 Å². The van der Waals surface area contributed by atoms with Crippen molar-refractivity contribution in [3.8, 4) is 0 Å². The fraction of sp³-hybridized carbons (Fsp3) is 0.750. The lowest BCUT2D eigenvalue weighted by Crippen LogP contribution is -2.21. The van der Waals surface area contributed by atoms with Gasteiger partial charge in [0.1, 0.15) is 0 Å². The lowest BCUT2D eigenvalue weighted by molar-refractivity contribution is 0.148. The minimum Gasteiger partial charge on any atom is -0.396 e. The van der Waals surface area contributed by atoms with Crippen molar-refractivity contribution in [2.75, 3.05) is 13.2 Å². The molecule has 0 atom stereocenters. The summed E-state index contributed by atoms with van der Waals surface area (Å²) in [7, 11) is 0. The first-order valence-corrected chi connectivity index (χ1v) is 6.64. The summed E-state index contributed by atoms with van der Waals surface area (Å²) in [5.74, 6) is 0. The van der Waals surface area contributed by atoms with Gasteiger partial charge >= 0.3 is 0 Å². The Kier molecular flexibility index (Phi) is 5.38. The number of aliphatic hydroxyl groups is 1. The van der Waals surface area contributed by atoms with Crippen LogP contribution in [0.15, 0.2) is 5.38 Å². The van der Waals surface area contributed by atoms with E-state index in [9.17, 15) is 0 Å². The third-order valence-electron chi connectivity index (χ3n) is 2.61. The zero-order valence-electron chi connectivity index (χ0n) is 10.4. The molecule has 0 saturated carbocycles. The van der Waals surface area contributed by atoms with Gasteiger partial charge in [-0.15, -0.1) is 11.3 Å². The largest absolute Gasteiger partial charge is 0.396 e. The molecule has 3 nitrogen and oxygen atoms in total. The second kappa shape index (κ2) is 6.33. The Morgan fingerprint density at radius 3 is 2.81 bits per heavy atom. The predicted octanol–water partition coefficient (Wildman–Crippen LogP) is 2.34. The van der Waals surface area contributed by atoms with Crippen molar-refractivity contribution in [2.45, 2.75) is 40.2 Å². The van der Waals surface area contributed by atoms with Crippen LogP contribution in [-0.2, 0) is 6.54 Å². The summed E-state index contributed by atoms with van der Waals surface area (Å²) < 4.78 is 0. The summed E-state index contributed by atoms with van der Waals surface area (Å²) in [6.07, 6.45) is 2.14. The second-order valence-corrected chi connectivity index (χ2v) is 6.02. The SMILES string of the molecule is Cc1nc(CNCCCC(C)(C)CO)cs1. The first-order chi connectivity index (χ1) is 7.53. The smallest absolute Gasteiger partial charge is 0.0897 e. The Balaban J connectivity index is 2.08. The van der Waals surface area contributed by atoms with Gasteiger partial charge < -0.3 is 10.4 Å². The molecule has 1 aromatic heterocycles. The summed E-state index contributed by atoms with van der Waals surface area (Å²) in [4.78, 5) is 4.39. The van der Waals surface area contributed by atoms with Gasteiger partial charge in [-0.25, -0.2) is 4.98 Å². The molecule has 0 aliphatic carbocycles. The quantitative estimate of drug-likeness (QED) is 0.721. The normalized spacial score (nSPS) is 12.0. The molecule has 4 heteroatoms. The molecule has 0 aliphatic rings. The van der Waals surface area contributed by atoms with Gasteiger partial charge in [-0.1, -0.05) is 13.8 Å². The predicted molar refractivity (Wildman–Crippen MR) is 68.7 cm³/mol. The minimum absolute atomic E-state index is 0.0545. The topological polar surface area (TPSA) is 45.2 Å². The summed E-state index contributed by atoms with van der Waals surface area (Å²) in [5.41, 5.74) is 1.18. The lowest BCUT2D eigenvalue weighted by Gasteiger charge is -2.21. The monoisotopic (exact) mass is 242 g/mol. The van der Waals surface area contributed by atoms with Crippen molar-refractivity contribution >= 4 is 11.3 Å². The first kappa shape index (κ1) is 13.6. The van der Waals surface area contributed by atoms with Crippen LogP contribution in [0.3, 0.4) is 0 Å². The molecular weight excluding hydrogens is 220 g/mol. The Morgan fingerprint density at radius 2 is 2.25 bits per heavy atom. The number of hydrogen-bond acceptors (Lipinski definition) is 4. The van der Waals surface area contributed by atoms with E-state index in [4.69, 9.17) is 5.11 Å². The summed E-state index contributed by atoms with van der Waals surface area (Å²) in [6, 6.07) is 0. The Labute approximate surface area is 102 Å². The molecule has 1 aromatic rings. The minimum atomic E-state index is 0.0545. The fourth-order valence-corrected chi connectivity index (χ4v) is 2.09. The lowest BCUT2D eigenvalue weighted by atomic mass is 9.89. The van der Waals surface area contributed by atoms with E-state index in [-0.39, 0.29) is 12.0 Å². The van der Waals surface area contributed by atoms with Crippen molar-refractivity contribution in [1.29, 1.82) is 0 Å². The average Bonchev–Trinajstić information content (AvgIpc) is 2.64. The number of thiazole rings is 1. The van der Waals surface area contributed by atoms with Crippen LogP contribution in [0.25, 0.3) is 0 Å². The first-order valence-electron chi connectivity index (χ1n) is 5.76. The van der Waals surface area contributed by atoms with Crippen molar-refractivity contribution in [1.82, 2.24) is 10.3 Å². The Hall–Kier alpha value is -0.450. The molecule has 0 radical (unpaired) electrons. The van der Waals surface area contributed by atoms with Crippen LogP contribution in [0.2, 0.25) is 0 Å². The highest BCUT2D eigenvalue weighted by atomic mass is 32.1. The number of nitrogens with one attached hydrogen (secondary N) is 1. The van der Waals surface area contributed by atoms with E-state index >= 15 is 0 Å². The second-order valence-electron chi connectivity index (χ2n) is 4.96. The highest BCUT2D eigenvalue weighted by Crippen LogP contribution is 2.20. The molecule has 1 rings (SSSR count). The van der Waals surface area contributed by atoms with Gasteiger partial charge in [-0.2, -0.15) is 0 Å². The van der Waals surface area contributed by atoms with Crippen LogP contribution in [0.5, 0.6) is 0 Å².